The summed E-state index contributed by atoms with van der Waals surface area (Å²) in [6, 6.07) is 17.3. The molecule has 0 aliphatic heterocycles. The maximum atomic E-state index is 13.2. The van der Waals surface area contributed by atoms with Crippen molar-refractivity contribution in [2.45, 2.75) is 31.7 Å². The Morgan fingerprint density at radius 1 is 1.10 bits per heavy atom. The maximum Gasteiger partial charge on any atom is 0.267 e. The Balaban J connectivity index is 1.49. The third kappa shape index (κ3) is 5.89. The molecule has 0 unspecified atom stereocenters. The van der Waals surface area contributed by atoms with Crippen molar-refractivity contribution in [1.29, 1.82) is 0 Å². The van der Waals surface area contributed by atoms with Crippen LogP contribution in [0.2, 0.25) is 0 Å². The summed E-state index contributed by atoms with van der Waals surface area (Å²) in [5.74, 6) is -0.690. The van der Waals surface area contributed by atoms with Gasteiger partial charge in [-0.15, -0.1) is 0 Å². The zero-order valence-corrected chi connectivity index (χ0v) is 22.4. The van der Waals surface area contributed by atoms with E-state index in [0.29, 0.717) is 36.1 Å². The number of primary amides is 1. The molecule has 1 aliphatic rings. The zero-order chi connectivity index (χ0) is 27.7. The van der Waals surface area contributed by atoms with Gasteiger partial charge < -0.3 is 16.8 Å². The van der Waals surface area contributed by atoms with Crippen molar-refractivity contribution in [3.63, 3.8) is 0 Å². The van der Waals surface area contributed by atoms with Crippen molar-refractivity contribution in [3.8, 4) is 0 Å². The molecule has 4 aromatic rings. The molecule has 3 aromatic carbocycles. The fraction of sp³-hybridized carbons (Fsp3) is 0.286. The van der Waals surface area contributed by atoms with Crippen LogP contribution in [0, 0.1) is 5.82 Å². The lowest BCUT2D eigenvalue weighted by Crippen LogP contribution is -2.32. The highest BCUT2D eigenvalue weighted by molar-refractivity contribution is 7.92. The van der Waals surface area contributed by atoms with E-state index < -0.39 is 15.9 Å². The van der Waals surface area contributed by atoms with Crippen LogP contribution in [-0.4, -0.2) is 43.5 Å². The molecule has 1 aromatic heterocycles. The summed E-state index contributed by atoms with van der Waals surface area (Å²) in [5, 5.41) is 8.49. The highest BCUT2D eigenvalue weighted by atomic mass is 32.2. The topological polar surface area (TPSA) is 136 Å². The number of hydrogen-bond donors (Lipinski definition) is 3. The number of amides is 1. The molecule has 1 saturated carbocycles. The largest absolute Gasteiger partial charge is 0.364 e. The van der Waals surface area contributed by atoms with Gasteiger partial charge in [-0.25, -0.2) is 12.8 Å². The summed E-state index contributed by atoms with van der Waals surface area (Å²) >= 11 is 0. The van der Waals surface area contributed by atoms with Crippen molar-refractivity contribution >= 4 is 43.9 Å². The van der Waals surface area contributed by atoms with Crippen LogP contribution in [0.5, 0.6) is 0 Å². The summed E-state index contributed by atoms with van der Waals surface area (Å²) in [4.78, 5) is 12.6. The van der Waals surface area contributed by atoms with Gasteiger partial charge in [-0.1, -0.05) is 12.1 Å². The van der Waals surface area contributed by atoms with Gasteiger partial charge in [0.25, 0.3) is 5.91 Å². The SMILES string of the molecule is CS(=O)(=O)N(CCCN)c1cc2nn(Cc3ccc(Nc4ccc(F)cc4)cc3)c(C(N)=O)c2cc1C1CC1. The van der Waals surface area contributed by atoms with Crippen LogP contribution in [0.25, 0.3) is 10.9 Å². The van der Waals surface area contributed by atoms with Crippen LogP contribution in [0.1, 0.15) is 46.8 Å². The number of nitrogens with one attached hydrogen (secondary N) is 1. The van der Waals surface area contributed by atoms with E-state index in [1.807, 2.05) is 30.3 Å². The average Bonchev–Trinajstić information content (AvgIpc) is 3.66. The number of carbonyl (C=O) groups excluding carboxylic acids is 1. The highest BCUT2D eigenvalue weighted by Crippen LogP contribution is 2.46. The third-order valence-corrected chi connectivity index (χ3v) is 7.97. The normalized spacial score (nSPS) is 13.5. The molecule has 0 spiro atoms. The Kier molecular flexibility index (Phi) is 7.28. The molecular formula is C28H31FN6O3S. The number of hydrogen-bond acceptors (Lipinski definition) is 6. The molecule has 204 valence electrons. The van der Waals surface area contributed by atoms with Gasteiger partial charge in [0, 0.05) is 23.3 Å². The van der Waals surface area contributed by atoms with Gasteiger partial charge in [0.05, 0.1) is 24.0 Å². The third-order valence-electron chi connectivity index (χ3n) is 6.79. The molecule has 0 bridgehead atoms. The van der Waals surface area contributed by atoms with Gasteiger partial charge in [-0.05, 0) is 91.4 Å². The zero-order valence-electron chi connectivity index (χ0n) is 21.6. The molecule has 11 heteroatoms. The van der Waals surface area contributed by atoms with E-state index in [1.165, 1.54) is 22.7 Å². The van der Waals surface area contributed by atoms with Crippen molar-refractivity contribution < 1.29 is 17.6 Å². The van der Waals surface area contributed by atoms with E-state index in [1.54, 1.807) is 22.9 Å². The quantitative estimate of drug-likeness (QED) is 0.258. The molecule has 0 saturated heterocycles. The first kappa shape index (κ1) is 26.6. The minimum absolute atomic E-state index is 0.219. The molecule has 39 heavy (non-hydrogen) atoms. The van der Waals surface area contributed by atoms with Crippen LogP contribution >= 0.6 is 0 Å². The second-order valence-electron chi connectivity index (χ2n) is 9.88. The number of benzene rings is 3. The lowest BCUT2D eigenvalue weighted by molar-refractivity contribution is 0.0992. The van der Waals surface area contributed by atoms with E-state index in [2.05, 4.69) is 10.4 Å². The molecular weight excluding hydrogens is 519 g/mol. The fourth-order valence-electron chi connectivity index (χ4n) is 4.76. The Hall–Kier alpha value is -3.96. The number of anilines is 3. The number of carbonyl (C=O) groups is 1. The van der Waals surface area contributed by atoms with Crippen LogP contribution in [0.3, 0.4) is 0 Å². The van der Waals surface area contributed by atoms with Gasteiger partial charge in [0.15, 0.2) is 0 Å². The molecule has 9 nitrogen and oxygen atoms in total. The number of halogens is 1. The Bertz CT molecular complexity index is 1610. The van der Waals surface area contributed by atoms with Crippen molar-refractivity contribution in [2.75, 3.05) is 29.0 Å². The fourth-order valence-corrected chi connectivity index (χ4v) is 5.74. The number of sulfonamides is 1. The van der Waals surface area contributed by atoms with Gasteiger partial charge in [-0.3, -0.25) is 13.8 Å². The Labute approximate surface area is 226 Å². The van der Waals surface area contributed by atoms with Gasteiger partial charge in [-0.2, -0.15) is 5.10 Å². The molecule has 5 N–H and O–H groups in total. The summed E-state index contributed by atoms with van der Waals surface area (Å²) < 4.78 is 41.6. The van der Waals surface area contributed by atoms with Gasteiger partial charge in [0.1, 0.15) is 11.5 Å². The van der Waals surface area contributed by atoms with Crippen LogP contribution < -0.4 is 21.1 Å². The molecule has 1 heterocycles. The first-order chi connectivity index (χ1) is 18.6. The number of nitrogens with zero attached hydrogens (tertiary/aromatic N) is 3. The molecule has 0 radical (unpaired) electrons. The molecule has 1 amide bonds. The summed E-state index contributed by atoms with van der Waals surface area (Å²) in [6.07, 6.45) is 3.60. The van der Waals surface area contributed by atoms with Gasteiger partial charge >= 0.3 is 0 Å². The van der Waals surface area contributed by atoms with Gasteiger partial charge in [0.2, 0.25) is 10.0 Å². The van der Waals surface area contributed by atoms with E-state index in [0.717, 1.165) is 35.3 Å². The van der Waals surface area contributed by atoms with E-state index in [9.17, 15) is 17.6 Å². The van der Waals surface area contributed by atoms with Crippen molar-refractivity contribution in [1.82, 2.24) is 9.78 Å². The van der Waals surface area contributed by atoms with E-state index in [4.69, 9.17) is 11.5 Å². The number of fused-ring (bicyclic) bond motifs is 1. The second kappa shape index (κ2) is 10.7. The molecule has 5 rings (SSSR count). The molecule has 0 atom stereocenters. The molecule has 1 aliphatic carbocycles. The predicted octanol–water partition coefficient (Wildman–Crippen LogP) is 4.06. The van der Waals surface area contributed by atoms with Crippen molar-refractivity contribution in [3.05, 3.63) is 83.3 Å². The minimum atomic E-state index is -3.56. The monoisotopic (exact) mass is 550 g/mol. The lowest BCUT2D eigenvalue weighted by Gasteiger charge is -2.25. The predicted molar refractivity (Wildman–Crippen MR) is 151 cm³/mol. The van der Waals surface area contributed by atoms with E-state index in [-0.39, 0.29) is 24.0 Å². The van der Waals surface area contributed by atoms with Crippen LogP contribution in [-0.2, 0) is 16.6 Å². The maximum absolute atomic E-state index is 13.2. The number of nitrogens with two attached hydrogens (primary N) is 2. The summed E-state index contributed by atoms with van der Waals surface area (Å²) in [6.45, 7) is 0.925. The van der Waals surface area contributed by atoms with Crippen LogP contribution in [0.15, 0.2) is 60.7 Å². The van der Waals surface area contributed by atoms with Crippen LogP contribution in [0.4, 0.5) is 21.5 Å². The van der Waals surface area contributed by atoms with E-state index >= 15 is 0 Å². The summed E-state index contributed by atoms with van der Waals surface area (Å²) in [5.41, 5.74) is 16.2. The Morgan fingerprint density at radius 3 is 2.31 bits per heavy atom. The highest BCUT2D eigenvalue weighted by Gasteiger charge is 2.32. The average molecular weight is 551 g/mol. The minimum Gasteiger partial charge on any atom is -0.364 e. The standard InChI is InChI=1S/C28H31FN6O3S/c1-39(37,38)35(14-2-13-30)26-16-25-24(15-23(26)19-5-6-19)27(28(31)36)34(33-25)17-18-3-9-21(10-4-18)32-22-11-7-20(29)8-12-22/h3-4,7-12,15-16,19,32H,2,5-6,13-14,17,30H2,1H3,(H2,31,36). The lowest BCUT2D eigenvalue weighted by atomic mass is 10.0. The second-order valence-corrected chi connectivity index (χ2v) is 11.8. The summed E-state index contributed by atoms with van der Waals surface area (Å²) in [7, 11) is -3.56. The van der Waals surface area contributed by atoms with Crippen molar-refractivity contribution in [2.24, 2.45) is 11.5 Å². The number of rotatable bonds is 11. The molecule has 1 fully saturated rings. The number of aromatic nitrogens is 2. The first-order valence-corrected chi connectivity index (χ1v) is 14.6. The first-order valence-electron chi connectivity index (χ1n) is 12.8. The Morgan fingerprint density at radius 2 is 1.74 bits per heavy atom. The smallest absolute Gasteiger partial charge is 0.267 e.